The zero-order valence-corrected chi connectivity index (χ0v) is 21.7. The smallest absolute Gasteiger partial charge is 0.312 e. The Labute approximate surface area is 197 Å². The van der Waals surface area contributed by atoms with E-state index in [0.717, 1.165) is 19.3 Å². The Morgan fingerprint density at radius 3 is 1.42 bits per heavy atom. The number of carbonyl (C=O) groups excluding carboxylic acids is 3. The van der Waals surface area contributed by atoms with Crippen molar-refractivity contribution in [1.29, 1.82) is 0 Å². The highest BCUT2D eigenvalue weighted by atomic mass is 16.6. The Bertz CT molecular complexity index is 744. The van der Waals surface area contributed by atoms with Gasteiger partial charge in [0.15, 0.2) is 0 Å². The molecule has 2 aliphatic rings. The molecular weight excluding hydrogens is 428 g/mol. The highest BCUT2D eigenvalue weighted by molar-refractivity contribution is 5.87. The van der Waals surface area contributed by atoms with Gasteiger partial charge in [-0.05, 0) is 66.2 Å². The number of carbonyl (C=O) groups is 4. The average Bonchev–Trinajstić information content (AvgIpc) is 3.53. The van der Waals surface area contributed by atoms with Gasteiger partial charge in [-0.25, -0.2) is 0 Å². The maximum Gasteiger partial charge on any atom is 0.312 e. The number of ether oxygens (including phenoxy) is 3. The second-order valence-corrected chi connectivity index (χ2v) is 11.3. The van der Waals surface area contributed by atoms with E-state index in [9.17, 15) is 19.2 Å². The quantitative estimate of drug-likeness (QED) is 0.406. The normalized spacial score (nSPS) is 28.0. The third kappa shape index (κ3) is 8.00. The van der Waals surface area contributed by atoms with Crippen molar-refractivity contribution in [3.05, 3.63) is 0 Å². The molecule has 4 atom stereocenters. The molecule has 0 spiro atoms. The van der Waals surface area contributed by atoms with E-state index >= 15 is 0 Å². The van der Waals surface area contributed by atoms with Crippen LogP contribution in [0, 0.1) is 22.7 Å². The number of esters is 3. The number of carboxylic acid groups (broad SMARTS) is 1. The van der Waals surface area contributed by atoms with Gasteiger partial charge in [-0.1, -0.05) is 26.7 Å². The summed E-state index contributed by atoms with van der Waals surface area (Å²) in [6, 6.07) is 0. The summed E-state index contributed by atoms with van der Waals surface area (Å²) >= 11 is 0. The summed E-state index contributed by atoms with van der Waals surface area (Å²) in [5.41, 5.74) is -2.53. The molecular formula is C25H42O8. The van der Waals surface area contributed by atoms with Crippen LogP contribution < -0.4 is 0 Å². The first-order chi connectivity index (χ1) is 15.0. The zero-order valence-electron chi connectivity index (χ0n) is 21.7. The molecule has 2 fully saturated rings. The van der Waals surface area contributed by atoms with Gasteiger partial charge in [0.25, 0.3) is 0 Å². The fourth-order valence-corrected chi connectivity index (χ4v) is 4.40. The van der Waals surface area contributed by atoms with Crippen molar-refractivity contribution in [3.8, 4) is 0 Å². The van der Waals surface area contributed by atoms with Gasteiger partial charge in [-0.3, -0.25) is 19.2 Å². The van der Waals surface area contributed by atoms with Gasteiger partial charge in [0.1, 0.15) is 11.2 Å². The summed E-state index contributed by atoms with van der Waals surface area (Å²) in [7, 11) is 1.37. The van der Waals surface area contributed by atoms with E-state index in [1.54, 1.807) is 20.8 Å². The summed E-state index contributed by atoms with van der Waals surface area (Å²) in [5, 5.41) is 9.14. The van der Waals surface area contributed by atoms with Crippen LogP contribution in [0.4, 0.5) is 0 Å². The van der Waals surface area contributed by atoms with Gasteiger partial charge >= 0.3 is 23.9 Å². The molecule has 0 bridgehead atoms. The second kappa shape index (κ2) is 10.4. The van der Waals surface area contributed by atoms with Crippen LogP contribution in [0.1, 0.15) is 93.9 Å². The second-order valence-electron chi connectivity index (χ2n) is 11.3. The van der Waals surface area contributed by atoms with Gasteiger partial charge in [0.05, 0.1) is 30.8 Å². The van der Waals surface area contributed by atoms with Crippen molar-refractivity contribution in [2.24, 2.45) is 22.7 Å². The minimum absolute atomic E-state index is 0.00188. The lowest BCUT2D eigenvalue weighted by Gasteiger charge is -2.21. The van der Waals surface area contributed by atoms with E-state index in [1.165, 1.54) is 7.11 Å². The Morgan fingerprint density at radius 2 is 1.15 bits per heavy atom. The first-order valence-corrected chi connectivity index (χ1v) is 11.7. The molecule has 1 N–H and O–H groups in total. The van der Waals surface area contributed by atoms with Crippen molar-refractivity contribution < 1.29 is 38.5 Å². The summed E-state index contributed by atoms with van der Waals surface area (Å²) in [6.45, 7) is 14.8. The van der Waals surface area contributed by atoms with Crippen molar-refractivity contribution in [3.63, 3.8) is 0 Å². The molecule has 0 aromatic heterocycles. The molecule has 0 amide bonds. The minimum Gasteiger partial charge on any atom is -0.481 e. The first kappa shape index (κ1) is 28.9. The monoisotopic (exact) mass is 470 g/mol. The maximum atomic E-state index is 11.8. The zero-order chi connectivity index (χ0) is 25.8. The number of hydrogen-bond acceptors (Lipinski definition) is 7. The molecule has 8 nitrogen and oxygen atoms in total. The van der Waals surface area contributed by atoms with E-state index in [2.05, 4.69) is 0 Å². The van der Waals surface area contributed by atoms with Crippen LogP contribution in [0.15, 0.2) is 0 Å². The molecule has 0 saturated heterocycles. The van der Waals surface area contributed by atoms with Gasteiger partial charge in [0, 0.05) is 0 Å². The number of rotatable bonds is 8. The predicted molar refractivity (Wildman–Crippen MR) is 122 cm³/mol. The molecule has 2 aliphatic carbocycles. The van der Waals surface area contributed by atoms with E-state index in [0.29, 0.717) is 6.42 Å². The minimum atomic E-state index is -0.870. The topological polar surface area (TPSA) is 116 Å². The standard InChI is InChI=1S/C13H22O4.C12H20O4/c1-6-9-7-13(9,11(15)16-5)8-10(14)17-12(2,3)4;1-5-8-6-12(8,10(14)15)7-9(13)16-11(2,3)4/h9H,6-8H2,1-5H3;8H,5-7H2,1-4H3,(H,14,15)/t9-,13-;8-,12-/m11/s1. The van der Waals surface area contributed by atoms with E-state index in [4.69, 9.17) is 19.3 Å². The highest BCUT2D eigenvalue weighted by Crippen LogP contribution is 2.58. The van der Waals surface area contributed by atoms with Crippen LogP contribution in [0.2, 0.25) is 0 Å². The third-order valence-electron chi connectivity index (χ3n) is 6.23. The third-order valence-corrected chi connectivity index (χ3v) is 6.23. The average molecular weight is 471 g/mol. The lowest BCUT2D eigenvalue weighted by atomic mass is 9.98. The van der Waals surface area contributed by atoms with E-state index in [-0.39, 0.29) is 36.6 Å². The molecule has 2 rings (SSSR count). The highest BCUT2D eigenvalue weighted by Gasteiger charge is 2.61. The number of hydrogen-bond donors (Lipinski definition) is 1. The summed E-state index contributed by atoms with van der Waals surface area (Å²) < 4.78 is 15.2. The lowest BCUT2D eigenvalue weighted by molar-refractivity contribution is -0.162. The molecule has 33 heavy (non-hydrogen) atoms. The van der Waals surface area contributed by atoms with Crippen LogP contribution in [0.3, 0.4) is 0 Å². The van der Waals surface area contributed by atoms with Crippen molar-refractivity contribution >= 4 is 23.9 Å². The largest absolute Gasteiger partial charge is 0.481 e. The van der Waals surface area contributed by atoms with Crippen LogP contribution in [0.5, 0.6) is 0 Å². The van der Waals surface area contributed by atoms with Crippen LogP contribution >= 0.6 is 0 Å². The van der Waals surface area contributed by atoms with E-state index < -0.39 is 34.0 Å². The number of carboxylic acids is 1. The number of methoxy groups -OCH3 is 1. The fraction of sp³-hybridized carbons (Fsp3) is 0.840. The Kier molecular flexibility index (Phi) is 9.14. The molecule has 0 heterocycles. The van der Waals surface area contributed by atoms with Crippen LogP contribution in [-0.4, -0.2) is 47.3 Å². The van der Waals surface area contributed by atoms with Crippen molar-refractivity contribution in [2.75, 3.05) is 7.11 Å². The fourth-order valence-electron chi connectivity index (χ4n) is 4.40. The van der Waals surface area contributed by atoms with Gasteiger partial charge in [-0.15, -0.1) is 0 Å². The summed E-state index contributed by atoms with van der Waals surface area (Å²) in [6.07, 6.45) is 3.15. The predicted octanol–water partition coefficient (Wildman–Crippen LogP) is 4.53. The number of aliphatic carboxylic acids is 1. The Hall–Kier alpha value is -2.12. The van der Waals surface area contributed by atoms with Gasteiger partial charge in [-0.2, -0.15) is 0 Å². The molecule has 0 aromatic carbocycles. The molecule has 0 unspecified atom stereocenters. The van der Waals surface area contributed by atoms with Crippen molar-refractivity contribution in [1.82, 2.24) is 0 Å². The van der Waals surface area contributed by atoms with Gasteiger partial charge in [0.2, 0.25) is 0 Å². The first-order valence-electron chi connectivity index (χ1n) is 11.7. The molecule has 8 heteroatoms. The molecule has 0 aliphatic heterocycles. The Balaban J connectivity index is 0.000000331. The van der Waals surface area contributed by atoms with Crippen molar-refractivity contribution in [2.45, 2.75) is 105 Å². The summed E-state index contributed by atoms with van der Waals surface area (Å²) in [4.78, 5) is 46.2. The molecule has 0 radical (unpaired) electrons. The SMILES string of the molecule is CC[C@@H]1C[C@]1(CC(=O)OC(C)(C)C)C(=O)O.CC[C@@H]1C[C@]1(CC(=O)OC(C)(C)C)C(=O)OC. The van der Waals surface area contributed by atoms with E-state index in [1.807, 2.05) is 34.6 Å². The van der Waals surface area contributed by atoms with Crippen LogP contribution in [0.25, 0.3) is 0 Å². The lowest BCUT2D eigenvalue weighted by Crippen LogP contribution is -2.29. The molecule has 190 valence electrons. The molecule has 0 aromatic rings. The maximum absolute atomic E-state index is 11.8. The molecule has 2 saturated carbocycles. The van der Waals surface area contributed by atoms with Gasteiger partial charge < -0.3 is 19.3 Å². The summed E-state index contributed by atoms with van der Waals surface area (Å²) in [5.74, 6) is -1.51. The van der Waals surface area contributed by atoms with Crippen LogP contribution in [-0.2, 0) is 33.4 Å². The Morgan fingerprint density at radius 1 is 0.788 bits per heavy atom.